The zero-order valence-electron chi connectivity index (χ0n) is 14.9. The molecular formula is C18H26N2O4S. The molecule has 2 aliphatic rings. The number of hydrogen-bond donors (Lipinski definition) is 0. The van der Waals surface area contributed by atoms with Crippen molar-refractivity contribution in [1.29, 1.82) is 0 Å². The van der Waals surface area contributed by atoms with Crippen LogP contribution in [0, 0.1) is 6.92 Å². The molecule has 6 nitrogen and oxygen atoms in total. The Kier molecular flexibility index (Phi) is 5.46. The van der Waals surface area contributed by atoms with Gasteiger partial charge in [-0.2, -0.15) is 4.31 Å². The van der Waals surface area contributed by atoms with E-state index in [1.165, 1.54) is 10.4 Å². The Balaban J connectivity index is 1.88. The molecule has 0 unspecified atom stereocenters. The van der Waals surface area contributed by atoms with E-state index in [0.717, 1.165) is 25.7 Å². The van der Waals surface area contributed by atoms with Crippen LogP contribution in [-0.4, -0.2) is 62.9 Å². The Bertz CT molecular complexity index is 735. The van der Waals surface area contributed by atoms with Crippen molar-refractivity contribution in [1.82, 2.24) is 9.21 Å². The lowest BCUT2D eigenvalue weighted by molar-refractivity contribution is 0.0727. The van der Waals surface area contributed by atoms with Crippen LogP contribution in [-0.2, 0) is 14.8 Å². The summed E-state index contributed by atoms with van der Waals surface area (Å²) in [6.45, 7) is 3.27. The summed E-state index contributed by atoms with van der Waals surface area (Å²) < 4.78 is 32.6. The molecule has 1 aromatic carbocycles. The van der Waals surface area contributed by atoms with Crippen molar-refractivity contribution in [2.24, 2.45) is 0 Å². The third-order valence-corrected chi connectivity index (χ3v) is 7.26. The topological polar surface area (TPSA) is 66.9 Å². The Morgan fingerprint density at radius 2 is 1.84 bits per heavy atom. The number of morpholine rings is 1. The molecule has 0 N–H and O–H groups in total. The van der Waals surface area contributed by atoms with E-state index < -0.39 is 10.0 Å². The highest BCUT2D eigenvalue weighted by Gasteiger charge is 2.30. The van der Waals surface area contributed by atoms with E-state index in [9.17, 15) is 13.2 Å². The number of nitrogens with zero attached hydrogens (tertiary/aromatic N) is 2. The van der Waals surface area contributed by atoms with Crippen molar-refractivity contribution < 1.29 is 17.9 Å². The normalized spacial score (nSPS) is 19.9. The van der Waals surface area contributed by atoms with Gasteiger partial charge in [-0.1, -0.05) is 18.9 Å². The zero-order chi connectivity index (χ0) is 18.0. The van der Waals surface area contributed by atoms with Gasteiger partial charge in [0.15, 0.2) is 0 Å². The van der Waals surface area contributed by atoms with E-state index in [4.69, 9.17) is 4.74 Å². The molecular weight excluding hydrogens is 340 g/mol. The molecule has 7 heteroatoms. The summed E-state index contributed by atoms with van der Waals surface area (Å²) in [4.78, 5) is 14.8. The predicted molar refractivity (Wildman–Crippen MR) is 95.1 cm³/mol. The van der Waals surface area contributed by atoms with Gasteiger partial charge in [0, 0.05) is 31.7 Å². The van der Waals surface area contributed by atoms with Crippen molar-refractivity contribution in [2.75, 3.05) is 33.4 Å². The van der Waals surface area contributed by atoms with Crippen molar-refractivity contribution >= 4 is 15.9 Å². The summed E-state index contributed by atoms with van der Waals surface area (Å²) in [5.74, 6) is -0.106. The molecule has 1 aromatic rings. The molecule has 1 amide bonds. The number of benzene rings is 1. The van der Waals surface area contributed by atoms with Gasteiger partial charge in [-0.05, 0) is 37.5 Å². The SMILES string of the molecule is Cc1ccc(C(=O)N(C)C2CCCC2)cc1S(=O)(=O)N1CCOCC1. The molecule has 0 spiro atoms. The van der Waals surface area contributed by atoms with Crippen molar-refractivity contribution in [3.05, 3.63) is 29.3 Å². The van der Waals surface area contributed by atoms with Crippen molar-refractivity contribution in [3.8, 4) is 0 Å². The van der Waals surface area contributed by atoms with E-state index in [1.807, 2.05) is 7.05 Å². The van der Waals surface area contributed by atoms with Crippen LogP contribution < -0.4 is 0 Å². The summed E-state index contributed by atoms with van der Waals surface area (Å²) >= 11 is 0. The first-order chi connectivity index (χ1) is 11.9. The van der Waals surface area contributed by atoms with Gasteiger partial charge in [0.2, 0.25) is 10.0 Å². The highest BCUT2D eigenvalue weighted by Crippen LogP contribution is 2.26. The Morgan fingerprint density at radius 1 is 1.20 bits per heavy atom. The minimum atomic E-state index is -3.61. The summed E-state index contributed by atoms with van der Waals surface area (Å²) in [7, 11) is -1.80. The van der Waals surface area contributed by atoms with Gasteiger partial charge in [0.25, 0.3) is 5.91 Å². The summed E-state index contributed by atoms with van der Waals surface area (Å²) in [5.41, 5.74) is 1.10. The predicted octanol–water partition coefficient (Wildman–Crippen LogP) is 2.03. The van der Waals surface area contributed by atoms with E-state index in [-0.39, 0.29) is 16.8 Å². The van der Waals surface area contributed by atoms with Gasteiger partial charge in [-0.25, -0.2) is 8.42 Å². The van der Waals surface area contributed by atoms with Crippen LogP contribution in [0.25, 0.3) is 0 Å². The van der Waals surface area contributed by atoms with Crippen molar-refractivity contribution in [2.45, 2.75) is 43.5 Å². The average molecular weight is 366 g/mol. The molecule has 1 saturated heterocycles. The molecule has 1 aliphatic carbocycles. The summed E-state index contributed by atoms with van der Waals surface area (Å²) in [5, 5.41) is 0. The smallest absolute Gasteiger partial charge is 0.253 e. The number of carbonyl (C=O) groups is 1. The van der Waals surface area contributed by atoms with Gasteiger partial charge in [-0.15, -0.1) is 0 Å². The van der Waals surface area contributed by atoms with Gasteiger partial charge in [0.1, 0.15) is 0 Å². The molecule has 2 fully saturated rings. The standard InChI is InChI=1S/C18H26N2O4S/c1-14-7-8-15(18(21)19(2)16-5-3-4-6-16)13-17(14)25(22,23)20-9-11-24-12-10-20/h7-8,13,16H,3-6,9-12H2,1-2H3. The Morgan fingerprint density at radius 3 is 2.48 bits per heavy atom. The molecule has 0 aromatic heterocycles. The fraction of sp³-hybridized carbons (Fsp3) is 0.611. The maximum atomic E-state index is 13.0. The molecule has 138 valence electrons. The molecule has 1 aliphatic heterocycles. The fourth-order valence-corrected chi connectivity index (χ4v) is 5.26. The third kappa shape index (κ3) is 3.73. The first-order valence-corrected chi connectivity index (χ1v) is 10.3. The lowest BCUT2D eigenvalue weighted by Gasteiger charge is -2.27. The molecule has 1 heterocycles. The van der Waals surface area contributed by atoms with Gasteiger partial charge in [-0.3, -0.25) is 4.79 Å². The van der Waals surface area contributed by atoms with Crippen LogP contribution in [0.1, 0.15) is 41.6 Å². The molecule has 0 atom stereocenters. The largest absolute Gasteiger partial charge is 0.379 e. The van der Waals surface area contributed by atoms with Crippen LogP contribution in [0.4, 0.5) is 0 Å². The Labute approximate surface area is 149 Å². The van der Waals surface area contributed by atoms with Crippen LogP contribution in [0.2, 0.25) is 0 Å². The zero-order valence-corrected chi connectivity index (χ0v) is 15.7. The number of amides is 1. The minimum absolute atomic E-state index is 0.106. The summed E-state index contributed by atoms with van der Waals surface area (Å²) in [6, 6.07) is 5.24. The molecule has 0 radical (unpaired) electrons. The first-order valence-electron chi connectivity index (χ1n) is 8.87. The molecule has 3 rings (SSSR count). The van der Waals surface area contributed by atoms with Crippen LogP contribution >= 0.6 is 0 Å². The number of ether oxygens (including phenoxy) is 1. The second-order valence-electron chi connectivity index (χ2n) is 6.85. The number of hydrogen-bond acceptors (Lipinski definition) is 4. The van der Waals surface area contributed by atoms with E-state index in [0.29, 0.717) is 37.4 Å². The van der Waals surface area contributed by atoms with Crippen LogP contribution in [0.5, 0.6) is 0 Å². The van der Waals surface area contributed by atoms with Gasteiger partial charge in [0.05, 0.1) is 18.1 Å². The van der Waals surface area contributed by atoms with Gasteiger partial charge >= 0.3 is 0 Å². The minimum Gasteiger partial charge on any atom is -0.379 e. The monoisotopic (exact) mass is 366 g/mol. The lowest BCUT2D eigenvalue weighted by Crippen LogP contribution is -2.41. The maximum absolute atomic E-state index is 13.0. The number of rotatable bonds is 4. The van der Waals surface area contributed by atoms with E-state index in [2.05, 4.69) is 0 Å². The molecule has 1 saturated carbocycles. The highest BCUT2D eigenvalue weighted by molar-refractivity contribution is 7.89. The number of sulfonamides is 1. The van der Waals surface area contributed by atoms with Crippen molar-refractivity contribution in [3.63, 3.8) is 0 Å². The first kappa shape index (κ1) is 18.4. The Hall–Kier alpha value is -1.44. The maximum Gasteiger partial charge on any atom is 0.253 e. The van der Waals surface area contributed by atoms with Gasteiger partial charge < -0.3 is 9.64 Å². The second-order valence-corrected chi connectivity index (χ2v) is 8.76. The average Bonchev–Trinajstić information content (AvgIpc) is 3.16. The quantitative estimate of drug-likeness (QED) is 0.818. The lowest BCUT2D eigenvalue weighted by atomic mass is 10.1. The third-order valence-electron chi connectivity index (χ3n) is 5.22. The second kappa shape index (κ2) is 7.43. The van der Waals surface area contributed by atoms with Crippen LogP contribution in [0.15, 0.2) is 23.1 Å². The van der Waals surface area contributed by atoms with Crippen LogP contribution in [0.3, 0.4) is 0 Å². The number of carbonyl (C=O) groups excluding carboxylic acids is 1. The fourth-order valence-electron chi connectivity index (χ4n) is 3.60. The molecule has 0 bridgehead atoms. The van der Waals surface area contributed by atoms with E-state index in [1.54, 1.807) is 24.0 Å². The highest BCUT2D eigenvalue weighted by atomic mass is 32.2. The molecule has 25 heavy (non-hydrogen) atoms. The van der Waals surface area contributed by atoms with E-state index >= 15 is 0 Å². The summed E-state index contributed by atoms with van der Waals surface area (Å²) in [6.07, 6.45) is 4.33. The number of aryl methyl sites for hydroxylation is 1.